The van der Waals surface area contributed by atoms with E-state index in [0.717, 1.165) is 12.1 Å². The van der Waals surface area contributed by atoms with Crippen LogP contribution in [-0.2, 0) is 13.6 Å². The van der Waals surface area contributed by atoms with Crippen molar-refractivity contribution in [3.63, 3.8) is 0 Å². The summed E-state index contributed by atoms with van der Waals surface area (Å²) in [5.74, 6) is -1.72. The van der Waals surface area contributed by atoms with Crippen LogP contribution in [-0.4, -0.2) is 22.4 Å². The monoisotopic (exact) mass is 292 g/mol. The third-order valence-corrected chi connectivity index (χ3v) is 3.10. The van der Waals surface area contributed by atoms with Crippen molar-refractivity contribution in [1.29, 1.82) is 0 Å². The van der Waals surface area contributed by atoms with Crippen LogP contribution in [0, 0.1) is 11.6 Å². The topological polar surface area (TPSA) is 42.3 Å². The predicted octanol–water partition coefficient (Wildman–Crippen LogP) is 1.94. The maximum atomic E-state index is 13.6. The maximum absolute atomic E-state index is 13.6. The minimum absolute atomic E-state index is 0.00773. The van der Waals surface area contributed by atoms with Crippen molar-refractivity contribution >= 4 is 5.91 Å². The lowest BCUT2D eigenvalue weighted by Gasteiger charge is -2.18. The van der Waals surface area contributed by atoms with Crippen LogP contribution in [0.3, 0.4) is 0 Å². The van der Waals surface area contributed by atoms with Crippen LogP contribution in [0.5, 0.6) is 0 Å². The number of halogens is 2. The molecule has 2 aromatic rings. The van der Waals surface area contributed by atoms with Crippen molar-refractivity contribution < 1.29 is 13.6 Å². The van der Waals surface area contributed by atoms with Crippen molar-refractivity contribution in [3.05, 3.63) is 69.6 Å². The van der Waals surface area contributed by atoms with Crippen LogP contribution in [0.1, 0.15) is 15.9 Å². The second-order valence-corrected chi connectivity index (χ2v) is 4.76. The fraction of sp³-hybridized carbons (Fsp3) is 0.200. The fourth-order valence-corrected chi connectivity index (χ4v) is 1.92. The van der Waals surface area contributed by atoms with Gasteiger partial charge in [-0.3, -0.25) is 9.59 Å². The molecule has 0 bridgehead atoms. The molecule has 0 N–H and O–H groups in total. The summed E-state index contributed by atoms with van der Waals surface area (Å²) in [6.07, 6.45) is 1.42. The first kappa shape index (κ1) is 14.9. The molecular formula is C15H14F2N2O2. The number of carbonyl (C=O) groups is 1. The van der Waals surface area contributed by atoms with Gasteiger partial charge in [-0.1, -0.05) is 6.07 Å². The van der Waals surface area contributed by atoms with E-state index in [1.807, 2.05) is 0 Å². The van der Waals surface area contributed by atoms with Crippen molar-refractivity contribution in [2.45, 2.75) is 6.54 Å². The van der Waals surface area contributed by atoms with Crippen molar-refractivity contribution in [2.75, 3.05) is 7.05 Å². The molecule has 4 nitrogen and oxygen atoms in total. The molecule has 110 valence electrons. The van der Waals surface area contributed by atoms with E-state index in [1.165, 1.54) is 40.9 Å². The Bertz CT molecular complexity index is 741. The Labute approximate surface area is 120 Å². The van der Waals surface area contributed by atoms with Gasteiger partial charge in [0.05, 0.1) is 5.56 Å². The van der Waals surface area contributed by atoms with Crippen LogP contribution >= 0.6 is 0 Å². The van der Waals surface area contributed by atoms with E-state index in [9.17, 15) is 18.4 Å². The summed E-state index contributed by atoms with van der Waals surface area (Å²) in [4.78, 5) is 24.8. The Hall–Kier alpha value is -2.50. The van der Waals surface area contributed by atoms with Gasteiger partial charge in [-0.15, -0.1) is 0 Å². The lowest BCUT2D eigenvalue weighted by atomic mass is 10.2. The van der Waals surface area contributed by atoms with Crippen LogP contribution in [0.15, 0.2) is 41.3 Å². The molecular weight excluding hydrogens is 278 g/mol. The number of hydrogen-bond acceptors (Lipinski definition) is 2. The van der Waals surface area contributed by atoms with Gasteiger partial charge in [0, 0.05) is 44.5 Å². The van der Waals surface area contributed by atoms with Gasteiger partial charge in [-0.2, -0.15) is 0 Å². The largest absolute Gasteiger partial charge is 0.337 e. The minimum atomic E-state index is -0.699. The number of nitrogens with zero attached hydrogens (tertiary/aromatic N) is 2. The van der Waals surface area contributed by atoms with E-state index < -0.39 is 11.6 Å². The van der Waals surface area contributed by atoms with E-state index in [4.69, 9.17) is 0 Å². The second kappa shape index (κ2) is 5.87. The van der Waals surface area contributed by atoms with Crippen LogP contribution in [0.4, 0.5) is 8.78 Å². The van der Waals surface area contributed by atoms with Crippen LogP contribution < -0.4 is 5.56 Å². The molecule has 0 atom stereocenters. The van der Waals surface area contributed by atoms with Gasteiger partial charge in [0.2, 0.25) is 5.56 Å². The van der Waals surface area contributed by atoms with Gasteiger partial charge in [0.25, 0.3) is 5.91 Å². The lowest BCUT2D eigenvalue weighted by Crippen LogP contribution is -2.28. The second-order valence-electron chi connectivity index (χ2n) is 4.76. The highest BCUT2D eigenvalue weighted by molar-refractivity contribution is 5.93. The summed E-state index contributed by atoms with van der Waals surface area (Å²) >= 11 is 0. The van der Waals surface area contributed by atoms with Gasteiger partial charge in [-0.05, 0) is 12.1 Å². The van der Waals surface area contributed by atoms with Crippen molar-refractivity contribution in [3.8, 4) is 0 Å². The Morgan fingerprint density at radius 1 is 1.24 bits per heavy atom. The molecule has 0 radical (unpaired) electrons. The third kappa shape index (κ3) is 3.34. The number of rotatable bonds is 3. The highest BCUT2D eigenvalue weighted by Gasteiger charge is 2.14. The Morgan fingerprint density at radius 2 is 1.95 bits per heavy atom. The Morgan fingerprint density at radius 3 is 2.57 bits per heavy atom. The normalized spacial score (nSPS) is 10.5. The molecule has 0 unspecified atom stereocenters. The van der Waals surface area contributed by atoms with E-state index >= 15 is 0 Å². The zero-order chi connectivity index (χ0) is 15.6. The smallest absolute Gasteiger partial charge is 0.255 e. The standard InChI is InChI=1S/C15H14F2N2O2/c1-18-9-11(4-6-14(18)20)15(21)19(2)8-10-3-5-12(16)7-13(10)17/h3-7,9H,8H2,1-2H3. The van der Waals surface area contributed by atoms with Crippen molar-refractivity contribution in [1.82, 2.24) is 9.47 Å². The molecule has 21 heavy (non-hydrogen) atoms. The molecule has 0 aliphatic carbocycles. The molecule has 2 rings (SSSR count). The molecule has 6 heteroatoms. The number of amides is 1. The quantitative estimate of drug-likeness (QED) is 0.867. The highest BCUT2D eigenvalue weighted by atomic mass is 19.1. The SMILES string of the molecule is CN(Cc1ccc(F)cc1F)C(=O)c1ccc(=O)n(C)c1. The van der Waals surface area contributed by atoms with Gasteiger partial charge >= 0.3 is 0 Å². The zero-order valence-corrected chi connectivity index (χ0v) is 11.6. The number of aromatic nitrogens is 1. The molecule has 1 aromatic heterocycles. The predicted molar refractivity (Wildman–Crippen MR) is 73.8 cm³/mol. The number of benzene rings is 1. The molecule has 0 saturated heterocycles. The first-order chi connectivity index (χ1) is 9.88. The maximum Gasteiger partial charge on any atom is 0.255 e. The summed E-state index contributed by atoms with van der Waals surface area (Å²) in [5.41, 5.74) is 0.318. The summed E-state index contributed by atoms with van der Waals surface area (Å²) in [5, 5.41) is 0. The van der Waals surface area contributed by atoms with E-state index in [-0.39, 0.29) is 23.6 Å². The van der Waals surface area contributed by atoms with Crippen molar-refractivity contribution in [2.24, 2.45) is 7.05 Å². The molecule has 1 amide bonds. The average Bonchev–Trinajstić information content (AvgIpc) is 2.44. The molecule has 0 fully saturated rings. The van der Waals surface area contributed by atoms with E-state index in [2.05, 4.69) is 0 Å². The zero-order valence-electron chi connectivity index (χ0n) is 11.6. The van der Waals surface area contributed by atoms with E-state index in [0.29, 0.717) is 5.56 Å². The van der Waals surface area contributed by atoms with E-state index in [1.54, 1.807) is 7.05 Å². The molecule has 1 heterocycles. The van der Waals surface area contributed by atoms with Crippen LogP contribution in [0.25, 0.3) is 0 Å². The lowest BCUT2D eigenvalue weighted by molar-refractivity contribution is 0.0783. The van der Waals surface area contributed by atoms with Gasteiger partial charge in [0.15, 0.2) is 0 Å². The average molecular weight is 292 g/mol. The summed E-state index contributed by atoms with van der Waals surface area (Å²) in [6, 6.07) is 5.93. The molecule has 0 saturated carbocycles. The first-order valence-electron chi connectivity index (χ1n) is 6.24. The highest BCUT2D eigenvalue weighted by Crippen LogP contribution is 2.13. The summed E-state index contributed by atoms with van der Waals surface area (Å²) in [6.45, 7) is 0.00773. The fourth-order valence-electron chi connectivity index (χ4n) is 1.92. The Kier molecular flexibility index (Phi) is 4.16. The number of pyridine rings is 1. The molecule has 0 aliphatic rings. The molecule has 0 aliphatic heterocycles. The van der Waals surface area contributed by atoms with Gasteiger partial charge in [0.1, 0.15) is 11.6 Å². The van der Waals surface area contributed by atoms with Crippen LogP contribution in [0.2, 0.25) is 0 Å². The summed E-state index contributed by atoms with van der Waals surface area (Å²) < 4.78 is 27.7. The number of aryl methyl sites for hydroxylation is 1. The summed E-state index contributed by atoms with van der Waals surface area (Å²) in [7, 11) is 3.05. The Balaban J connectivity index is 2.19. The van der Waals surface area contributed by atoms with Gasteiger partial charge < -0.3 is 9.47 Å². The molecule has 1 aromatic carbocycles. The number of carbonyl (C=O) groups excluding carboxylic acids is 1. The van der Waals surface area contributed by atoms with Gasteiger partial charge in [-0.25, -0.2) is 8.78 Å². The molecule has 0 spiro atoms. The first-order valence-corrected chi connectivity index (χ1v) is 6.24. The minimum Gasteiger partial charge on any atom is -0.337 e. The number of hydrogen-bond donors (Lipinski definition) is 0. The third-order valence-electron chi connectivity index (χ3n) is 3.10.